The Hall–Kier alpha value is -1.76. The lowest BCUT2D eigenvalue weighted by molar-refractivity contribution is -0.137. The number of carbonyl (C=O) groups is 1. The van der Waals surface area contributed by atoms with Gasteiger partial charge in [0.1, 0.15) is 0 Å². The third-order valence-corrected chi connectivity index (χ3v) is 3.06. The summed E-state index contributed by atoms with van der Waals surface area (Å²) in [5, 5.41) is 8.21. The molecule has 110 valence electrons. The largest absolute Gasteiger partial charge is 0.416 e. The molecule has 0 saturated carbocycles. The van der Waals surface area contributed by atoms with Gasteiger partial charge < -0.3 is 10.6 Å². The molecule has 1 unspecified atom stereocenters. The highest BCUT2D eigenvalue weighted by Crippen LogP contribution is 2.30. The van der Waals surface area contributed by atoms with E-state index in [1.807, 2.05) is 0 Å². The van der Waals surface area contributed by atoms with Gasteiger partial charge in [0.2, 0.25) is 0 Å². The first-order valence-corrected chi connectivity index (χ1v) is 6.43. The van der Waals surface area contributed by atoms with Crippen LogP contribution in [-0.4, -0.2) is 18.7 Å². The molecule has 1 aromatic carbocycles. The van der Waals surface area contributed by atoms with Crippen LogP contribution in [0.2, 0.25) is 0 Å². The normalized spacial score (nSPS) is 19.4. The smallest absolute Gasteiger partial charge is 0.323 e. The molecule has 1 aromatic rings. The van der Waals surface area contributed by atoms with Gasteiger partial charge >= 0.3 is 12.2 Å². The van der Waals surface area contributed by atoms with Crippen molar-refractivity contribution in [3.63, 3.8) is 0 Å². The van der Waals surface area contributed by atoms with E-state index < -0.39 is 17.8 Å². The Kier molecular flexibility index (Phi) is 4.49. The zero-order valence-electron chi connectivity index (χ0n) is 10.8. The lowest BCUT2D eigenvalue weighted by Crippen LogP contribution is -2.49. The summed E-state index contributed by atoms with van der Waals surface area (Å²) in [4.78, 5) is 11.7. The Morgan fingerprint density at radius 2 is 2.10 bits per heavy atom. The van der Waals surface area contributed by atoms with E-state index in [0.29, 0.717) is 0 Å². The number of halogens is 3. The summed E-state index contributed by atoms with van der Waals surface area (Å²) < 4.78 is 37.6. The summed E-state index contributed by atoms with van der Waals surface area (Å²) in [6, 6.07) is 4.05. The molecule has 0 aliphatic carbocycles. The average Bonchev–Trinajstić information content (AvgIpc) is 2.39. The fraction of sp³-hybridized carbons (Fsp3) is 0.462. The van der Waals surface area contributed by atoms with Crippen molar-refractivity contribution in [3.05, 3.63) is 29.8 Å². The van der Waals surface area contributed by atoms with Gasteiger partial charge in [0.05, 0.1) is 11.7 Å². The Morgan fingerprint density at radius 1 is 1.30 bits per heavy atom. The Bertz CT molecular complexity index is 470. The van der Waals surface area contributed by atoms with Crippen LogP contribution in [0, 0.1) is 0 Å². The topological polar surface area (TPSA) is 53.2 Å². The molecule has 2 amide bonds. The van der Waals surface area contributed by atoms with Crippen LogP contribution in [0.5, 0.6) is 0 Å². The molecule has 1 heterocycles. The molecule has 0 spiro atoms. The predicted molar refractivity (Wildman–Crippen MR) is 69.2 cm³/mol. The van der Waals surface area contributed by atoms with Gasteiger partial charge in [-0.05, 0) is 44.0 Å². The van der Waals surface area contributed by atoms with Gasteiger partial charge in [-0.15, -0.1) is 0 Å². The molecule has 4 nitrogen and oxygen atoms in total. The standard InChI is InChI=1S/C13H16F3N3O/c14-13(15,16)9-4-3-5-10(8-9)18-12(20)19-11-6-1-2-7-17-11/h3-5,8,11,17H,1-2,6-7H2,(H2,18,19,20). The first-order valence-electron chi connectivity index (χ1n) is 6.43. The number of hydrogen-bond donors (Lipinski definition) is 3. The van der Waals surface area contributed by atoms with Crippen molar-refractivity contribution in [2.75, 3.05) is 11.9 Å². The molecule has 0 radical (unpaired) electrons. The third-order valence-electron chi connectivity index (χ3n) is 3.06. The van der Waals surface area contributed by atoms with E-state index in [9.17, 15) is 18.0 Å². The van der Waals surface area contributed by atoms with Crippen LogP contribution < -0.4 is 16.0 Å². The van der Waals surface area contributed by atoms with E-state index in [1.54, 1.807) is 0 Å². The van der Waals surface area contributed by atoms with Crippen LogP contribution in [0.3, 0.4) is 0 Å². The van der Waals surface area contributed by atoms with Gasteiger partial charge in [0.25, 0.3) is 0 Å². The molecular weight excluding hydrogens is 271 g/mol. The maximum Gasteiger partial charge on any atom is 0.416 e. The molecule has 0 aromatic heterocycles. The molecule has 20 heavy (non-hydrogen) atoms. The number of rotatable bonds is 2. The molecular formula is C13H16F3N3O. The monoisotopic (exact) mass is 287 g/mol. The fourth-order valence-electron chi connectivity index (χ4n) is 2.07. The predicted octanol–water partition coefficient (Wildman–Crippen LogP) is 2.93. The van der Waals surface area contributed by atoms with Gasteiger partial charge in [-0.1, -0.05) is 6.07 Å². The maximum atomic E-state index is 12.5. The molecule has 1 aliphatic heterocycles. The van der Waals surface area contributed by atoms with Crippen molar-refractivity contribution in [1.29, 1.82) is 0 Å². The number of amides is 2. The van der Waals surface area contributed by atoms with Crippen molar-refractivity contribution in [2.45, 2.75) is 31.6 Å². The highest BCUT2D eigenvalue weighted by atomic mass is 19.4. The number of nitrogens with one attached hydrogen (secondary N) is 3. The first-order chi connectivity index (χ1) is 9.45. The van der Waals surface area contributed by atoms with Crippen LogP contribution in [0.1, 0.15) is 24.8 Å². The fourth-order valence-corrected chi connectivity index (χ4v) is 2.07. The summed E-state index contributed by atoms with van der Waals surface area (Å²) in [6.07, 6.45) is -1.65. The first kappa shape index (κ1) is 14.6. The van der Waals surface area contributed by atoms with E-state index in [1.165, 1.54) is 12.1 Å². The summed E-state index contributed by atoms with van der Waals surface area (Å²) in [7, 11) is 0. The lowest BCUT2D eigenvalue weighted by Gasteiger charge is -2.24. The molecule has 3 N–H and O–H groups in total. The number of anilines is 1. The minimum Gasteiger partial charge on any atom is -0.323 e. The van der Waals surface area contributed by atoms with E-state index in [4.69, 9.17) is 0 Å². The summed E-state index contributed by atoms with van der Waals surface area (Å²) >= 11 is 0. The van der Waals surface area contributed by atoms with Gasteiger partial charge in [-0.2, -0.15) is 13.2 Å². The molecule has 2 rings (SSSR count). The van der Waals surface area contributed by atoms with Crippen molar-refractivity contribution >= 4 is 11.7 Å². The number of carbonyl (C=O) groups excluding carboxylic acids is 1. The second-order valence-corrected chi connectivity index (χ2v) is 4.68. The van der Waals surface area contributed by atoms with E-state index in [-0.39, 0.29) is 11.9 Å². The summed E-state index contributed by atoms with van der Waals surface area (Å²) in [5.74, 6) is 0. The maximum absolute atomic E-state index is 12.5. The highest BCUT2D eigenvalue weighted by molar-refractivity contribution is 5.89. The molecule has 1 aliphatic rings. The number of urea groups is 1. The van der Waals surface area contributed by atoms with Gasteiger partial charge in [-0.3, -0.25) is 5.32 Å². The molecule has 7 heteroatoms. The van der Waals surface area contributed by atoms with Crippen molar-refractivity contribution in [1.82, 2.24) is 10.6 Å². The Balaban J connectivity index is 1.93. The SMILES string of the molecule is O=C(Nc1cccc(C(F)(F)F)c1)NC1CCCCN1. The Labute approximate surface area is 114 Å². The molecule has 1 saturated heterocycles. The number of alkyl halides is 3. The number of piperidine rings is 1. The summed E-state index contributed by atoms with van der Waals surface area (Å²) in [5.41, 5.74) is -0.667. The zero-order chi connectivity index (χ0) is 14.6. The van der Waals surface area contributed by atoms with Crippen molar-refractivity contribution in [2.24, 2.45) is 0 Å². The van der Waals surface area contributed by atoms with Gasteiger partial charge in [0, 0.05) is 5.69 Å². The molecule has 1 fully saturated rings. The van der Waals surface area contributed by atoms with Crippen LogP contribution in [0.25, 0.3) is 0 Å². The van der Waals surface area contributed by atoms with Crippen LogP contribution in [0.15, 0.2) is 24.3 Å². The summed E-state index contributed by atoms with van der Waals surface area (Å²) in [6.45, 7) is 0.828. The molecule has 1 atom stereocenters. The average molecular weight is 287 g/mol. The van der Waals surface area contributed by atoms with Crippen molar-refractivity contribution in [3.8, 4) is 0 Å². The highest BCUT2D eigenvalue weighted by Gasteiger charge is 2.30. The second kappa shape index (κ2) is 6.13. The lowest BCUT2D eigenvalue weighted by atomic mass is 10.1. The second-order valence-electron chi connectivity index (χ2n) is 4.68. The molecule has 0 bridgehead atoms. The van der Waals surface area contributed by atoms with Crippen LogP contribution >= 0.6 is 0 Å². The minimum atomic E-state index is -4.42. The van der Waals surface area contributed by atoms with E-state index in [2.05, 4.69) is 16.0 Å². The van der Waals surface area contributed by atoms with E-state index in [0.717, 1.165) is 37.9 Å². The third kappa shape index (κ3) is 4.12. The Morgan fingerprint density at radius 3 is 2.75 bits per heavy atom. The number of benzene rings is 1. The van der Waals surface area contributed by atoms with Gasteiger partial charge in [0.15, 0.2) is 0 Å². The van der Waals surface area contributed by atoms with Gasteiger partial charge in [-0.25, -0.2) is 4.79 Å². The van der Waals surface area contributed by atoms with Crippen LogP contribution in [-0.2, 0) is 6.18 Å². The quantitative estimate of drug-likeness (QED) is 0.783. The zero-order valence-corrected chi connectivity index (χ0v) is 10.8. The van der Waals surface area contributed by atoms with Crippen LogP contribution in [0.4, 0.5) is 23.7 Å². The van der Waals surface area contributed by atoms with Crippen molar-refractivity contribution < 1.29 is 18.0 Å². The number of hydrogen-bond acceptors (Lipinski definition) is 2. The van der Waals surface area contributed by atoms with E-state index >= 15 is 0 Å². The minimum absolute atomic E-state index is 0.119.